The zero-order valence-corrected chi connectivity index (χ0v) is 19.0. The number of amides is 1. The normalized spacial score (nSPS) is 14.6. The summed E-state index contributed by atoms with van der Waals surface area (Å²) in [6.07, 6.45) is 0. The molecule has 0 aliphatic heterocycles. The maximum atomic E-state index is 13.1. The highest BCUT2D eigenvalue weighted by Crippen LogP contribution is 2.51. The highest BCUT2D eigenvalue weighted by atomic mass is 127. The first-order valence-corrected chi connectivity index (χ1v) is 10.0. The summed E-state index contributed by atoms with van der Waals surface area (Å²) in [6.45, 7) is 10.7. The number of halogens is 1. The van der Waals surface area contributed by atoms with Gasteiger partial charge in [0.2, 0.25) is 10.5 Å². The van der Waals surface area contributed by atoms with Gasteiger partial charge in [-0.05, 0) is 46.2 Å². The van der Waals surface area contributed by atoms with Crippen LogP contribution in [0, 0.1) is 14.4 Å². The third-order valence-corrected chi connectivity index (χ3v) is 6.44. The fourth-order valence-corrected chi connectivity index (χ4v) is 3.83. The summed E-state index contributed by atoms with van der Waals surface area (Å²) < 4.78 is 6.92. The van der Waals surface area contributed by atoms with Gasteiger partial charge in [0.15, 0.2) is 5.72 Å². The van der Waals surface area contributed by atoms with Gasteiger partial charge in [-0.2, -0.15) is 0 Å². The SMILES string of the molecule is CC(C)(C)C(C)(C)[C@](NC(=O)c1cccc(I)c1)(O[Si])c1ccccc1. The van der Waals surface area contributed by atoms with Crippen LogP contribution in [0.25, 0.3) is 0 Å². The van der Waals surface area contributed by atoms with E-state index < -0.39 is 11.1 Å². The summed E-state index contributed by atoms with van der Waals surface area (Å²) >= 11 is 2.21. The summed E-state index contributed by atoms with van der Waals surface area (Å²) in [5.41, 5.74) is -0.171. The molecular weight excluding hydrogens is 453 g/mol. The van der Waals surface area contributed by atoms with Gasteiger partial charge in [-0.1, -0.05) is 71.0 Å². The van der Waals surface area contributed by atoms with Crippen molar-refractivity contribution in [1.29, 1.82) is 0 Å². The van der Waals surface area contributed by atoms with Crippen LogP contribution < -0.4 is 5.32 Å². The van der Waals surface area contributed by atoms with Crippen LogP contribution in [0.5, 0.6) is 0 Å². The molecule has 0 aliphatic carbocycles. The largest absolute Gasteiger partial charge is 0.393 e. The molecule has 0 heterocycles. The Morgan fingerprint density at radius 3 is 2.12 bits per heavy atom. The highest BCUT2D eigenvalue weighted by molar-refractivity contribution is 14.1. The molecule has 0 aliphatic rings. The van der Waals surface area contributed by atoms with Crippen LogP contribution in [-0.2, 0) is 10.2 Å². The van der Waals surface area contributed by atoms with E-state index in [0.29, 0.717) is 5.56 Å². The lowest BCUT2D eigenvalue weighted by Gasteiger charge is -2.53. The van der Waals surface area contributed by atoms with Crippen LogP contribution in [0.1, 0.15) is 50.5 Å². The molecule has 2 rings (SSSR count). The number of hydrogen-bond donors (Lipinski definition) is 1. The summed E-state index contributed by atoms with van der Waals surface area (Å²) in [6, 6.07) is 17.3. The second kappa shape index (κ2) is 7.82. The molecule has 0 unspecified atom stereocenters. The van der Waals surface area contributed by atoms with Gasteiger partial charge in [0, 0.05) is 20.1 Å². The van der Waals surface area contributed by atoms with E-state index in [1.165, 1.54) is 0 Å². The first-order valence-electron chi connectivity index (χ1n) is 8.53. The van der Waals surface area contributed by atoms with Crippen molar-refractivity contribution in [3.05, 3.63) is 69.3 Å². The molecule has 0 bridgehead atoms. The second-order valence-corrected chi connectivity index (χ2v) is 9.44. The van der Waals surface area contributed by atoms with E-state index >= 15 is 0 Å². The van der Waals surface area contributed by atoms with Gasteiger partial charge in [-0.15, -0.1) is 0 Å². The zero-order chi connectivity index (χ0) is 19.6. The van der Waals surface area contributed by atoms with Gasteiger partial charge in [-0.3, -0.25) is 4.79 Å². The maximum absolute atomic E-state index is 13.1. The summed E-state index contributed by atoms with van der Waals surface area (Å²) in [5, 5.41) is 3.17. The molecule has 1 N–H and O–H groups in total. The summed E-state index contributed by atoms with van der Waals surface area (Å²) in [4.78, 5) is 13.1. The van der Waals surface area contributed by atoms with Crippen LogP contribution >= 0.6 is 22.6 Å². The van der Waals surface area contributed by atoms with Crippen molar-refractivity contribution in [1.82, 2.24) is 5.32 Å². The summed E-state index contributed by atoms with van der Waals surface area (Å²) in [5.74, 6) is -0.178. The van der Waals surface area contributed by atoms with Crippen molar-refractivity contribution < 1.29 is 9.22 Å². The molecule has 0 aromatic heterocycles. The van der Waals surface area contributed by atoms with E-state index in [2.05, 4.69) is 73.0 Å². The molecule has 2 aromatic carbocycles. The Labute approximate surface area is 173 Å². The Kier molecular flexibility index (Phi) is 6.35. The lowest BCUT2D eigenvalue weighted by atomic mass is 9.61. The predicted molar refractivity (Wildman–Crippen MR) is 115 cm³/mol. The Morgan fingerprint density at radius 2 is 1.62 bits per heavy atom. The molecule has 3 nitrogen and oxygen atoms in total. The Balaban J connectivity index is 2.59. The van der Waals surface area contributed by atoms with Crippen LogP contribution in [0.2, 0.25) is 0 Å². The predicted octanol–water partition coefficient (Wildman–Crippen LogP) is 5.05. The molecule has 0 fully saturated rings. The molecule has 0 spiro atoms. The van der Waals surface area contributed by atoms with Crippen molar-refractivity contribution in [3.8, 4) is 0 Å². The van der Waals surface area contributed by atoms with Crippen LogP contribution in [0.3, 0.4) is 0 Å². The Morgan fingerprint density at radius 1 is 1.00 bits per heavy atom. The summed E-state index contributed by atoms with van der Waals surface area (Å²) in [7, 11) is 3.30. The molecule has 3 radical (unpaired) electrons. The third kappa shape index (κ3) is 3.89. The van der Waals surface area contributed by atoms with Crippen molar-refractivity contribution in [3.63, 3.8) is 0 Å². The van der Waals surface area contributed by atoms with E-state index in [9.17, 15) is 4.79 Å². The molecular formula is C21H25INO2Si. The number of benzene rings is 2. The highest BCUT2D eigenvalue weighted by Gasteiger charge is 2.54. The topological polar surface area (TPSA) is 38.3 Å². The second-order valence-electron chi connectivity index (χ2n) is 7.99. The average molecular weight is 478 g/mol. The molecule has 0 saturated carbocycles. The molecule has 5 heteroatoms. The quantitative estimate of drug-likeness (QED) is 0.371. The van der Waals surface area contributed by atoms with Gasteiger partial charge in [-0.25, -0.2) is 0 Å². The lowest BCUT2D eigenvalue weighted by molar-refractivity contribution is -0.120. The molecule has 2 aromatic rings. The maximum Gasteiger partial charge on any atom is 0.253 e. The van der Waals surface area contributed by atoms with E-state index in [1.807, 2.05) is 54.6 Å². The molecule has 26 heavy (non-hydrogen) atoms. The number of carbonyl (C=O) groups excluding carboxylic acids is 1. The van der Waals surface area contributed by atoms with Crippen molar-refractivity contribution >= 4 is 39.0 Å². The molecule has 137 valence electrons. The minimum atomic E-state index is -1.05. The van der Waals surface area contributed by atoms with Gasteiger partial charge < -0.3 is 9.74 Å². The van der Waals surface area contributed by atoms with Crippen molar-refractivity contribution in [2.45, 2.75) is 40.3 Å². The number of hydrogen-bond acceptors (Lipinski definition) is 2. The van der Waals surface area contributed by atoms with Gasteiger partial charge in [0.05, 0.1) is 0 Å². The molecule has 1 atom stereocenters. The average Bonchev–Trinajstić information content (AvgIpc) is 2.59. The number of rotatable bonds is 5. The smallest absolute Gasteiger partial charge is 0.253 e. The van der Waals surface area contributed by atoms with E-state index in [4.69, 9.17) is 4.43 Å². The minimum Gasteiger partial charge on any atom is -0.393 e. The van der Waals surface area contributed by atoms with Gasteiger partial charge in [0.25, 0.3) is 5.91 Å². The van der Waals surface area contributed by atoms with Gasteiger partial charge in [0.1, 0.15) is 0 Å². The zero-order valence-electron chi connectivity index (χ0n) is 15.9. The van der Waals surface area contributed by atoms with E-state index in [-0.39, 0.29) is 11.3 Å². The Bertz CT molecular complexity index is 771. The molecule has 0 saturated heterocycles. The lowest BCUT2D eigenvalue weighted by Crippen LogP contribution is -2.61. The minimum absolute atomic E-state index is 0.159. The van der Waals surface area contributed by atoms with Gasteiger partial charge >= 0.3 is 0 Å². The fraction of sp³-hybridized carbons (Fsp3) is 0.381. The fourth-order valence-electron chi connectivity index (χ4n) is 2.86. The number of carbonyl (C=O) groups is 1. The van der Waals surface area contributed by atoms with Crippen molar-refractivity contribution in [2.75, 3.05) is 0 Å². The molecule has 1 amide bonds. The van der Waals surface area contributed by atoms with Crippen molar-refractivity contribution in [2.24, 2.45) is 10.8 Å². The monoisotopic (exact) mass is 478 g/mol. The number of nitrogens with one attached hydrogen (secondary N) is 1. The first kappa shape index (κ1) is 21.1. The first-order chi connectivity index (χ1) is 12.0. The van der Waals surface area contributed by atoms with E-state index in [1.54, 1.807) is 0 Å². The third-order valence-electron chi connectivity index (χ3n) is 5.46. The van der Waals surface area contributed by atoms with Crippen LogP contribution in [0.4, 0.5) is 0 Å². The Hall–Kier alpha value is -1.18. The van der Waals surface area contributed by atoms with Crippen LogP contribution in [0.15, 0.2) is 54.6 Å². The standard InChI is InChI=1S/C21H25INO2Si/c1-19(2,3)20(4,5)21(25-26,16-11-7-6-8-12-16)23-18(24)15-10-9-13-17(22)14-15/h6-14H,1-5H3,(H,23,24)/t21-/m1/s1. The van der Waals surface area contributed by atoms with Crippen LogP contribution in [-0.4, -0.2) is 16.4 Å². The van der Waals surface area contributed by atoms with E-state index in [0.717, 1.165) is 9.13 Å².